The third-order valence-electron chi connectivity index (χ3n) is 3.09. The molecule has 1 unspecified atom stereocenters. The second kappa shape index (κ2) is 5.69. The van der Waals surface area contributed by atoms with Crippen LogP contribution in [0.5, 0.6) is 0 Å². The molecule has 5 heteroatoms. The minimum Gasteiger partial charge on any atom is -0.379 e. The van der Waals surface area contributed by atoms with E-state index in [-0.39, 0.29) is 5.91 Å². The molecule has 98 valence electrons. The zero-order valence-electron chi connectivity index (χ0n) is 10.1. The molecule has 0 radical (unpaired) electrons. The Morgan fingerprint density at radius 1 is 1.56 bits per heavy atom. The lowest BCUT2D eigenvalue weighted by Crippen LogP contribution is -2.54. The third-order valence-corrected chi connectivity index (χ3v) is 3.33. The van der Waals surface area contributed by atoms with Gasteiger partial charge in [-0.1, -0.05) is 23.7 Å². The number of halogens is 1. The largest absolute Gasteiger partial charge is 0.379 e. The van der Waals surface area contributed by atoms with Crippen molar-refractivity contribution >= 4 is 17.5 Å². The normalized spacial score (nSPS) is 23.0. The number of hydrogen-bond acceptors (Lipinski definition) is 3. The molecule has 2 rings (SSSR count). The molecule has 1 fully saturated rings. The number of amides is 1. The quantitative estimate of drug-likeness (QED) is 0.860. The summed E-state index contributed by atoms with van der Waals surface area (Å²) in [6, 6.07) is 7.60. The first kappa shape index (κ1) is 13.3. The Morgan fingerprint density at radius 2 is 2.39 bits per heavy atom. The van der Waals surface area contributed by atoms with Gasteiger partial charge in [0.2, 0.25) is 5.91 Å². The zero-order chi connectivity index (χ0) is 13.0. The number of benzene rings is 1. The maximum Gasteiger partial charge on any atom is 0.242 e. The van der Waals surface area contributed by atoms with Crippen molar-refractivity contribution in [3.8, 4) is 0 Å². The van der Waals surface area contributed by atoms with Crippen LogP contribution in [0, 0.1) is 0 Å². The molecule has 1 atom stereocenters. The van der Waals surface area contributed by atoms with Gasteiger partial charge in [-0.2, -0.15) is 0 Å². The van der Waals surface area contributed by atoms with Gasteiger partial charge in [0.1, 0.15) is 5.54 Å². The van der Waals surface area contributed by atoms with Gasteiger partial charge in [-0.3, -0.25) is 4.79 Å². The molecule has 1 aromatic rings. The molecule has 0 saturated carbocycles. The van der Waals surface area contributed by atoms with Gasteiger partial charge in [-0.25, -0.2) is 0 Å². The molecule has 4 nitrogen and oxygen atoms in total. The first-order chi connectivity index (χ1) is 8.60. The highest BCUT2D eigenvalue weighted by Crippen LogP contribution is 2.15. The van der Waals surface area contributed by atoms with E-state index in [0.29, 0.717) is 31.2 Å². The molecule has 1 saturated heterocycles. The van der Waals surface area contributed by atoms with E-state index in [1.807, 2.05) is 24.3 Å². The van der Waals surface area contributed by atoms with Crippen molar-refractivity contribution in [3.63, 3.8) is 0 Å². The van der Waals surface area contributed by atoms with Crippen LogP contribution in [-0.2, 0) is 16.0 Å². The summed E-state index contributed by atoms with van der Waals surface area (Å²) in [4.78, 5) is 11.9. The SMILES string of the molecule is NC1(C(=O)NCCc2cccc(Cl)c2)CCOC1. The molecular weight excluding hydrogens is 252 g/mol. The Labute approximate surface area is 111 Å². The number of rotatable bonds is 4. The van der Waals surface area contributed by atoms with Crippen molar-refractivity contribution in [2.45, 2.75) is 18.4 Å². The Balaban J connectivity index is 1.80. The molecule has 0 aliphatic carbocycles. The molecule has 1 aliphatic heterocycles. The molecule has 1 aliphatic rings. The summed E-state index contributed by atoms with van der Waals surface area (Å²) in [5, 5.41) is 3.55. The first-order valence-corrected chi connectivity index (χ1v) is 6.37. The minimum absolute atomic E-state index is 0.137. The second-order valence-corrected chi connectivity index (χ2v) is 5.03. The number of nitrogens with two attached hydrogens (primary N) is 1. The Hall–Kier alpha value is -1.10. The highest BCUT2D eigenvalue weighted by atomic mass is 35.5. The smallest absolute Gasteiger partial charge is 0.242 e. The van der Waals surface area contributed by atoms with Crippen LogP contribution in [0.3, 0.4) is 0 Å². The van der Waals surface area contributed by atoms with Crippen molar-refractivity contribution in [1.82, 2.24) is 5.32 Å². The number of hydrogen-bond donors (Lipinski definition) is 2. The van der Waals surface area contributed by atoms with Crippen molar-refractivity contribution < 1.29 is 9.53 Å². The van der Waals surface area contributed by atoms with Crippen LogP contribution in [0.25, 0.3) is 0 Å². The van der Waals surface area contributed by atoms with E-state index in [9.17, 15) is 4.79 Å². The van der Waals surface area contributed by atoms with Gasteiger partial charge in [0, 0.05) is 18.2 Å². The van der Waals surface area contributed by atoms with E-state index < -0.39 is 5.54 Å². The number of carbonyl (C=O) groups is 1. The first-order valence-electron chi connectivity index (χ1n) is 5.99. The topological polar surface area (TPSA) is 64.4 Å². The molecule has 1 heterocycles. The predicted octanol–water partition coefficient (Wildman–Crippen LogP) is 1.12. The van der Waals surface area contributed by atoms with Crippen LogP contribution < -0.4 is 11.1 Å². The van der Waals surface area contributed by atoms with Crippen molar-refractivity contribution in [2.75, 3.05) is 19.8 Å². The fourth-order valence-corrected chi connectivity index (χ4v) is 2.16. The van der Waals surface area contributed by atoms with E-state index >= 15 is 0 Å². The van der Waals surface area contributed by atoms with E-state index in [1.165, 1.54) is 0 Å². The Morgan fingerprint density at radius 3 is 3.06 bits per heavy atom. The lowest BCUT2D eigenvalue weighted by atomic mass is 9.99. The Bertz CT molecular complexity index is 431. The van der Waals surface area contributed by atoms with Crippen LogP contribution in [-0.4, -0.2) is 31.2 Å². The highest BCUT2D eigenvalue weighted by Gasteiger charge is 2.37. The average molecular weight is 269 g/mol. The highest BCUT2D eigenvalue weighted by molar-refractivity contribution is 6.30. The van der Waals surface area contributed by atoms with Gasteiger partial charge < -0.3 is 15.8 Å². The van der Waals surface area contributed by atoms with Crippen molar-refractivity contribution in [1.29, 1.82) is 0 Å². The van der Waals surface area contributed by atoms with E-state index in [1.54, 1.807) is 0 Å². The maximum absolute atomic E-state index is 11.9. The molecule has 1 aromatic carbocycles. The van der Waals surface area contributed by atoms with Gasteiger partial charge >= 0.3 is 0 Å². The number of nitrogens with one attached hydrogen (secondary N) is 1. The molecule has 0 bridgehead atoms. The molecule has 0 aromatic heterocycles. The van der Waals surface area contributed by atoms with Gasteiger partial charge in [-0.15, -0.1) is 0 Å². The van der Waals surface area contributed by atoms with Gasteiger partial charge in [0.05, 0.1) is 6.61 Å². The van der Waals surface area contributed by atoms with Crippen molar-refractivity contribution in [2.24, 2.45) is 5.73 Å². The summed E-state index contributed by atoms with van der Waals surface area (Å²) in [5.41, 5.74) is 6.19. The molecular formula is C13H17ClN2O2. The molecule has 0 spiro atoms. The molecule has 1 amide bonds. The van der Waals surface area contributed by atoms with Crippen LogP contribution >= 0.6 is 11.6 Å². The van der Waals surface area contributed by atoms with Gasteiger partial charge in [0.15, 0.2) is 0 Å². The van der Waals surface area contributed by atoms with E-state index in [2.05, 4.69) is 5.32 Å². The van der Waals surface area contributed by atoms with Crippen LogP contribution in [0.4, 0.5) is 0 Å². The molecule has 18 heavy (non-hydrogen) atoms. The lowest BCUT2D eigenvalue weighted by Gasteiger charge is -2.20. The molecule has 3 N–H and O–H groups in total. The zero-order valence-corrected chi connectivity index (χ0v) is 10.9. The number of carbonyl (C=O) groups excluding carboxylic acids is 1. The van der Waals surface area contributed by atoms with Crippen LogP contribution in [0.2, 0.25) is 5.02 Å². The van der Waals surface area contributed by atoms with Gasteiger partial charge in [0.25, 0.3) is 0 Å². The van der Waals surface area contributed by atoms with Crippen molar-refractivity contribution in [3.05, 3.63) is 34.9 Å². The van der Waals surface area contributed by atoms with Crippen LogP contribution in [0.1, 0.15) is 12.0 Å². The lowest BCUT2D eigenvalue weighted by molar-refractivity contribution is -0.126. The summed E-state index contributed by atoms with van der Waals surface area (Å²) in [6.45, 7) is 1.41. The predicted molar refractivity (Wildman–Crippen MR) is 70.5 cm³/mol. The monoisotopic (exact) mass is 268 g/mol. The standard InChI is InChI=1S/C13H17ClN2O2/c14-11-3-1-2-10(8-11)4-6-16-12(17)13(15)5-7-18-9-13/h1-3,8H,4-7,9,15H2,(H,16,17). The third kappa shape index (κ3) is 3.22. The minimum atomic E-state index is -0.853. The Kier molecular flexibility index (Phi) is 4.22. The number of ether oxygens (including phenoxy) is 1. The summed E-state index contributed by atoms with van der Waals surface area (Å²) in [5.74, 6) is -0.137. The fraction of sp³-hybridized carbons (Fsp3) is 0.462. The summed E-state index contributed by atoms with van der Waals surface area (Å²) in [7, 11) is 0. The summed E-state index contributed by atoms with van der Waals surface area (Å²) in [6.07, 6.45) is 1.32. The fourth-order valence-electron chi connectivity index (χ4n) is 1.95. The second-order valence-electron chi connectivity index (χ2n) is 4.59. The average Bonchev–Trinajstić information content (AvgIpc) is 2.77. The summed E-state index contributed by atoms with van der Waals surface area (Å²) < 4.78 is 5.16. The van der Waals surface area contributed by atoms with Crippen LogP contribution in [0.15, 0.2) is 24.3 Å². The maximum atomic E-state index is 11.9. The van der Waals surface area contributed by atoms with E-state index in [4.69, 9.17) is 22.1 Å². The van der Waals surface area contributed by atoms with E-state index in [0.717, 1.165) is 12.0 Å². The van der Waals surface area contributed by atoms with Gasteiger partial charge in [-0.05, 0) is 30.5 Å². The summed E-state index contributed by atoms with van der Waals surface area (Å²) >= 11 is 5.89.